The molecule has 25 heavy (non-hydrogen) atoms. The van der Waals surface area contributed by atoms with E-state index in [-0.39, 0.29) is 11.9 Å². The lowest BCUT2D eigenvalue weighted by atomic mass is 9.96. The topological polar surface area (TPSA) is 38.8 Å². The molecule has 4 nitrogen and oxygen atoms in total. The molecule has 0 N–H and O–H groups in total. The monoisotopic (exact) mass is 337 g/mol. The van der Waals surface area contributed by atoms with E-state index < -0.39 is 0 Å². The van der Waals surface area contributed by atoms with Crippen molar-refractivity contribution in [3.63, 3.8) is 0 Å². The molecule has 0 aliphatic carbocycles. The van der Waals surface area contributed by atoms with Gasteiger partial charge in [0.2, 0.25) is 5.91 Å². The molecule has 0 aromatic heterocycles. The minimum Gasteiger partial charge on any atom is -0.486 e. The smallest absolute Gasteiger partial charge is 0.227 e. The van der Waals surface area contributed by atoms with E-state index in [1.165, 1.54) is 5.56 Å². The van der Waals surface area contributed by atoms with Gasteiger partial charge in [-0.2, -0.15) is 0 Å². The Bertz CT molecular complexity index is 786. The summed E-state index contributed by atoms with van der Waals surface area (Å²) in [6, 6.07) is 14.5. The summed E-state index contributed by atoms with van der Waals surface area (Å²) >= 11 is 0. The molecule has 0 spiro atoms. The Morgan fingerprint density at radius 1 is 1.12 bits per heavy atom. The summed E-state index contributed by atoms with van der Waals surface area (Å²) in [6.45, 7) is 3.31. The standard InChI is InChI=1S/C21H23NO3/c1-15-6-9-17-4-2-3-5-18(17)22(15)21(23)11-8-16-7-10-19-20(14-16)25-13-12-24-19/h2-5,7,10,14-15H,6,8-9,11-13H2,1H3. The van der Waals surface area contributed by atoms with Crippen LogP contribution in [0.5, 0.6) is 11.5 Å². The zero-order chi connectivity index (χ0) is 17.2. The van der Waals surface area contributed by atoms with Crippen LogP contribution in [0, 0.1) is 0 Å². The Morgan fingerprint density at radius 2 is 1.92 bits per heavy atom. The maximum atomic E-state index is 12.9. The van der Waals surface area contributed by atoms with Crippen LogP contribution in [-0.2, 0) is 17.6 Å². The van der Waals surface area contributed by atoms with Crippen LogP contribution in [-0.4, -0.2) is 25.2 Å². The molecule has 1 amide bonds. The van der Waals surface area contributed by atoms with E-state index in [4.69, 9.17) is 9.47 Å². The average Bonchev–Trinajstić information content (AvgIpc) is 2.66. The van der Waals surface area contributed by atoms with E-state index >= 15 is 0 Å². The van der Waals surface area contributed by atoms with Gasteiger partial charge in [0.25, 0.3) is 0 Å². The summed E-state index contributed by atoms with van der Waals surface area (Å²) in [5.74, 6) is 1.77. The van der Waals surface area contributed by atoms with Crippen LogP contribution in [0.15, 0.2) is 42.5 Å². The van der Waals surface area contributed by atoms with Crippen molar-refractivity contribution in [2.45, 2.75) is 38.6 Å². The van der Waals surface area contributed by atoms with Crippen molar-refractivity contribution in [1.82, 2.24) is 0 Å². The van der Waals surface area contributed by atoms with Crippen molar-refractivity contribution in [2.24, 2.45) is 0 Å². The van der Waals surface area contributed by atoms with Crippen molar-refractivity contribution in [3.05, 3.63) is 53.6 Å². The molecule has 0 saturated carbocycles. The van der Waals surface area contributed by atoms with Crippen LogP contribution >= 0.6 is 0 Å². The summed E-state index contributed by atoms with van der Waals surface area (Å²) in [7, 11) is 0. The fraction of sp³-hybridized carbons (Fsp3) is 0.381. The van der Waals surface area contributed by atoms with Crippen molar-refractivity contribution >= 4 is 11.6 Å². The van der Waals surface area contributed by atoms with Crippen molar-refractivity contribution < 1.29 is 14.3 Å². The quantitative estimate of drug-likeness (QED) is 0.856. The highest BCUT2D eigenvalue weighted by molar-refractivity contribution is 5.95. The maximum Gasteiger partial charge on any atom is 0.227 e. The highest BCUT2D eigenvalue weighted by Crippen LogP contribution is 2.33. The van der Waals surface area contributed by atoms with Crippen molar-refractivity contribution in [1.29, 1.82) is 0 Å². The number of anilines is 1. The number of aryl methyl sites for hydroxylation is 2. The molecular weight excluding hydrogens is 314 g/mol. The third kappa shape index (κ3) is 3.21. The van der Waals surface area contributed by atoms with Crippen molar-refractivity contribution in [2.75, 3.05) is 18.1 Å². The lowest BCUT2D eigenvalue weighted by Gasteiger charge is -2.35. The van der Waals surface area contributed by atoms with E-state index in [1.54, 1.807) is 0 Å². The zero-order valence-corrected chi connectivity index (χ0v) is 14.5. The van der Waals surface area contributed by atoms with Gasteiger partial charge < -0.3 is 14.4 Å². The highest BCUT2D eigenvalue weighted by Gasteiger charge is 2.27. The van der Waals surface area contributed by atoms with E-state index in [1.807, 2.05) is 35.2 Å². The van der Waals surface area contributed by atoms with Crippen LogP contribution in [0.3, 0.4) is 0 Å². The molecule has 4 rings (SSSR count). The largest absolute Gasteiger partial charge is 0.486 e. The molecule has 0 saturated heterocycles. The molecule has 4 heteroatoms. The second-order valence-electron chi connectivity index (χ2n) is 6.76. The Labute approximate surface area is 148 Å². The van der Waals surface area contributed by atoms with Gasteiger partial charge in [-0.25, -0.2) is 0 Å². The van der Waals surface area contributed by atoms with Gasteiger partial charge in [-0.05, 0) is 55.5 Å². The molecule has 2 aromatic carbocycles. The molecule has 2 aliphatic heterocycles. The van der Waals surface area contributed by atoms with Crippen molar-refractivity contribution in [3.8, 4) is 11.5 Å². The number of hydrogen-bond acceptors (Lipinski definition) is 3. The Hall–Kier alpha value is -2.49. The van der Waals surface area contributed by atoms with E-state index in [9.17, 15) is 4.79 Å². The molecule has 0 radical (unpaired) electrons. The maximum absolute atomic E-state index is 12.9. The molecule has 0 bridgehead atoms. The van der Waals surface area contributed by atoms with Crippen LogP contribution in [0.2, 0.25) is 0 Å². The molecule has 2 heterocycles. The molecule has 130 valence electrons. The molecule has 2 aliphatic rings. The number of para-hydroxylation sites is 1. The van der Waals surface area contributed by atoms with Gasteiger partial charge in [0.1, 0.15) is 13.2 Å². The lowest BCUT2D eigenvalue weighted by Crippen LogP contribution is -2.42. The summed E-state index contributed by atoms with van der Waals surface area (Å²) < 4.78 is 11.2. The third-order valence-electron chi connectivity index (χ3n) is 5.03. The van der Waals surface area contributed by atoms with Gasteiger partial charge in [-0.1, -0.05) is 24.3 Å². The van der Waals surface area contributed by atoms with E-state index in [0.717, 1.165) is 35.6 Å². The van der Waals surface area contributed by atoms with Gasteiger partial charge in [-0.15, -0.1) is 0 Å². The van der Waals surface area contributed by atoms with Crippen LogP contribution in [0.4, 0.5) is 5.69 Å². The molecule has 0 fully saturated rings. The summed E-state index contributed by atoms with van der Waals surface area (Å²) in [5, 5.41) is 0. The van der Waals surface area contributed by atoms with Crippen LogP contribution in [0.1, 0.15) is 30.9 Å². The van der Waals surface area contributed by atoms with E-state index in [2.05, 4.69) is 19.1 Å². The molecule has 1 atom stereocenters. The predicted molar refractivity (Wildman–Crippen MR) is 97.5 cm³/mol. The van der Waals surface area contributed by atoms with Gasteiger partial charge in [-0.3, -0.25) is 4.79 Å². The third-order valence-corrected chi connectivity index (χ3v) is 5.03. The number of amides is 1. The average molecular weight is 337 g/mol. The number of benzene rings is 2. The first-order chi connectivity index (χ1) is 12.2. The summed E-state index contributed by atoms with van der Waals surface area (Å²) in [4.78, 5) is 14.9. The van der Waals surface area contributed by atoms with Gasteiger partial charge in [0.15, 0.2) is 11.5 Å². The lowest BCUT2D eigenvalue weighted by molar-refractivity contribution is -0.119. The van der Waals surface area contributed by atoms with Gasteiger partial charge in [0.05, 0.1) is 0 Å². The number of rotatable bonds is 3. The number of carbonyl (C=O) groups excluding carboxylic acids is 1. The first-order valence-electron chi connectivity index (χ1n) is 9.01. The fourth-order valence-corrected chi connectivity index (χ4v) is 3.68. The molecule has 1 unspecified atom stereocenters. The Kier molecular flexibility index (Phi) is 4.35. The number of nitrogens with zero attached hydrogens (tertiary/aromatic N) is 1. The molecular formula is C21H23NO3. The molecule has 2 aromatic rings. The number of fused-ring (bicyclic) bond motifs is 2. The Morgan fingerprint density at radius 3 is 2.80 bits per heavy atom. The second-order valence-corrected chi connectivity index (χ2v) is 6.76. The number of carbonyl (C=O) groups is 1. The summed E-state index contributed by atoms with van der Waals surface area (Å²) in [5.41, 5.74) is 3.46. The normalized spacial score (nSPS) is 18.6. The number of hydrogen-bond donors (Lipinski definition) is 0. The number of ether oxygens (including phenoxy) is 2. The van der Waals surface area contributed by atoms with Gasteiger partial charge in [0, 0.05) is 18.2 Å². The predicted octanol–water partition coefficient (Wildman–Crippen LogP) is 3.76. The first kappa shape index (κ1) is 16.0. The van der Waals surface area contributed by atoms with Crippen LogP contribution in [0.25, 0.3) is 0 Å². The summed E-state index contributed by atoms with van der Waals surface area (Å²) in [6.07, 6.45) is 3.27. The minimum absolute atomic E-state index is 0.189. The SMILES string of the molecule is CC1CCc2ccccc2N1C(=O)CCc1ccc2c(c1)OCCO2. The van der Waals surface area contributed by atoms with Crippen LogP contribution < -0.4 is 14.4 Å². The van der Waals surface area contributed by atoms with E-state index in [0.29, 0.717) is 26.1 Å². The highest BCUT2D eigenvalue weighted by atomic mass is 16.6. The Balaban J connectivity index is 1.47. The fourth-order valence-electron chi connectivity index (χ4n) is 3.68. The minimum atomic E-state index is 0.189. The first-order valence-corrected chi connectivity index (χ1v) is 9.01. The second kappa shape index (κ2) is 6.79. The zero-order valence-electron chi connectivity index (χ0n) is 14.5. The van der Waals surface area contributed by atoms with Gasteiger partial charge >= 0.3 is 0 Å².